The van der Waals surface area contributed by atoms with Crippen LogP contribution in [0.4, 0.5) is 10.1 Å². The summed E-state index contributed by atoms with van der Waals surface area (Å²) >= 11 is 0. The maximum absolute atomic E-state index is 13.9. The van der Waals surface area contributed by atoms with E-state index in [-0.39, 0.29) is 36.5 Å². The van der Waals surface area contributed by atoms with Gasteiger partial charge in [0.05, 0.1) is 17.8 Å². The smallest absolute Gasteiger partial charge is 0.257 e. The molecule has 0 bridgehead atoms. The van der Waals surface area contributed by atoms with Crippen LogP contribution in [0.3, 0.4) is 0 Å². The monoisotopic (exact) mass is 367 g/mol. The van der Waals surface area contributed by atoms with Gasteiger partial charge in [0.25, 0.3) is 5.91 Å². The van der Waals surface area contributed by atoms with Crippen molar-refractivity contribution in [1.29, 1.82) is 0 Å². The largest absolute Gasteiger partial charge is 0.467 e. The van der Waals surface area contributed by atoms with Crippen molar-refractivity contribution in [3.05, 3.63) is 53.7 Å². The summed E-state index contributed by atoms with van der Waals surface area (Å²) in [4.78, 5) is 27.9. The van der Waals surface area contributed by atoms with Gasteiger partial charge in [-0.1, -0.05) is 12.1 Å². The van der Waals surface area contributed by atoms with Crippen LogP contribution < -0.4 is 10.6 Å². The number of hydrogen-bond acceptors (Lipinski definition) is 4. The molecule has 2 aromatic rings. The third-order valence-electron chi connectivity index (χ3n) is 4.21. The Hall–Kier alpha value is -2.38. The molecule has 1 fully saturated rings. The molecule has 134 valence electrons. The molecule has 1 aromatic heterocycles. The van der Waals surface area contributed by atoms with Crippen LogP contribution in [0.2, 0.25) is 0 Å². The molecular weight excluding hydrogens is 349 g/mol. The number of nitrogens with zero attached hydrogens (tertiary/aromatic N) is 2. The van der Waals surface area contributed by atoms with E-state index >= 15 is 0 Å². The van der Waals surface area contributed by atoms with E-state index in [9.17, 15) is 14.0 Å². The molecule has 1 unspecified atom stereocenters. The lowest BCUT2D eigenvalue weighted by Crippen LogP contribution is -2.43. The zero-order valence-corrected chi connectivity index (χ0v) is 14.5. The molecule has 2 amide bonds. The summed E-state index contributed by atoms with van der Waals surface area (Å²) < 4.78 is 19.1. The van der Waals surface area contributed by atoms with Crippen LogP contribution in [-0.2, 0) is 11.3 Å². The standard InChI is InChI=1S/C17H18FN3O3.ClH/c1-20(16(22)11-8-12(9-19)24-10-11)15-6-7-21(17(15)23)14-5-3-2-4-13(14)18;/h2-5,8,10,15H,6-7,9,19H2,1H3;1H. The second-order valence-electron chi connectivity index (χ2n) is 5.67. The molecule has 25 heavy (non-hydrogen) atoms. The van der Waals surface area contributed by atoms with Crippen molar-refractivity contribution < 1.29 is 18.4 Å². The molecule has 2 heterocycles. The first-order valence-electron chi connectivity index (χ1n) is 7.63. The van der Waals surface area contributed by atoms with E-state index in [2.05, 4.69) is 0 Å². The van der Waals surface area contributed by atoms with Crippen molar-refractivity contribution in [2.24, 2.45) is 5.73 Å². The minimum absolute atomic E-state index is 0. The molecular formula is C17H19ClFN3O3. The first-order valence-corrected chi connectivity index (χ1v) is 7.63. The number of likely N-dealkylation sites (N-methyl/N-ethyl adjacent to an activating group) is 1. The quantitative estimate of drug-likeness (QED) is 0.898. The van der Waals surface area contributed by atoms with Crippen molar-refractivity contribution in [3.63, 3.8) is 0 Å². The Morgan fingerprint density at radius 1 is 1.44 bits per heavy atom. The van der Waals surface area contributed by atoms with Gasteiger partial charge >= 0.3 is 0 Å². The van der Waals surface area contributed by atoms with E-state index in [1.807, 2.05) is 0 Å². The number of para-hydroxylation sites is 1. The summed E-state index contributed by atoms with van der Waals surface area (Å²) in [5.74, 6) is -0.578. The fourth-order valence-corrected chi connectivity index (χ4v) is 2.88. The van der Waals surface area contributed by atoms with Crippen LogP contribution >= 0.6 is 12.4 Å². The maximum Gasteiger partial charge on any atom is 0.257 e. The molecule has 3 rings (SSSR count). The Kier molecular flexibility index (Phi) is 5.81. The van der Waals surface area contributed by atoms with Crippen LogP contribution in [-0.4, -0.2) is 36.3 Å². The predicted octanol–water partition coefficient (Wildman–Crippen LogP) is 2.18. The molecule has 0 radical (unpaired) electrons. The summed E-state index contributed by atoms with van der Waals surface area (Å²) in [5.41, 5.74) is 6.04. The van der Waals surface area contributed by atoms with Crippen LogP contribution in [0.1, 0.15) is 22.5 Å². The fraction of sp³-hybridized carbons (Fsp3) is 0.294. The average Bonchev–Trinajstić information content (AvgIpc) is 3.21. The highest BCUT2D eigenvalue weighted by molar-refractivity contribution is 6.03. The van der Waals surface area contributed by atoms with Crippen LogP contribution in [0.25, 0.3) is 0 Å². The third kappa shape index (κ3) is 3.52. The van der Waals surface area contributed by atoms with E-state index in [0.29, 0.717) is 24.3 Å². The van der Waals surface area contributed by atoms with Gasteiger partial charge in [0.15, 0.2) is 0 Å². The first-order chi connectivity index (χ1) is 11.5. The molecule has 0 spiro atoms. The maximum atomic E-state index is 13.9. The molecule has 1 aliphatic rings. The van der Waals surface area contributed by atoms with E-state index in [4.69, 9.17) is 10.2 Å². The minimum Gasteiger partial charge on any atom is -0.467 e. The van der Waals surface area contributed by atoms with Gasteiger partial charge in [-0.3, -0.25) is 9.59 Å². The highest BCUT2D eigenvalue weighted by Gasteiger charge is 2.38. The predicted molar refractivity (Wildman–Crippen MR) is 93.1 cm³/mol. The number of furan rings is 1. The van der Waals surface area contributed by atoms with Gasteiger partial charge in [-0.15, -0.1) is 12.4 Å². The summed E-state index contributed by atoms with van der Waals surface area (Å²) in [6, 6.07) is 7.04. The Labute approximate surface area is 150 Å². The van der Waals surface area contributed by atoms with Crippen molar-refractivity contribution in [2.75, 3.05) is 18.5 Å². The third-order valence-corrected chi connectivity index (χ3v) is 4.21. The highest BCUT2D eigenvalue weighted by Crippen LogP contribution is 2.27. The first kappa shape index (κ1) is 19.0. The number of anilines is 1. The van der Waals surface area contributed by atoms with E-state index in [1.165, 1.54) is 22.1 Å². The van der Waals surface area contributed by atoms with Crippen molar-refractivity contribution >= 4 is 29.9 Å². The highest BCUT2D eigenvalue weighted by atomic mass is 35.5. The van der Waals surface area contributed by atoms with Crippen molar-refractivity contribution in [2.45, 2.75) is 19.0 Å². The fourth-order valence-electron chi connectivity index (χ4n) is 2.88. The lowest BCUT2D eigenvalue weighted by atomic mass is 10.2. The number of nitrogens with two attached hydrogens (primary N) is 1. The number of amides is 2. The van der Waals surface area contributed by atoms with Crippen molar-refractivity contribution in [3.8, 4) is 0 Å². The van der Waals surface area contributed by atoms with E-state index < -0.39 is 11.9 Å². The number of carbonyl (C=O) groups excluding carboxylic acids is 2. The lowest BCUT2D eigenvalue weighted by Gasteiger charge is -2.23. The molecule has 1 atom stereocenters. The van der Waals surface area contributed by atoms with Crippen LogP contribution in [0, 0.1) is 5.82 Å². The average molecular weight is 368 g/mol. The van der Waals surface area contributed by atoms with Gasteiger partial charge < -0.3 is 20.0 Å². The lowest BCUT2D eigenvalue weighted by molar-refractivity contribution is -0.120. The number of halogens is 2. The number of benzene rings is 1. The van der Waals surface area contributed by atoms with E-state index in [1.54, 1.807) is 31.3 Å². The zero-order valence-electron chi connectivity index (χ0n) is 13.6. The molecule has 1 aliphatic heterocycles. The minimum atomic E-state index is -0.631. The summed E-state index contributed by atoms with van der Waals surface area (Å²) in [5, 5.41) is 0. The van der Waals surface area contributed by atoms with Gasteiger partial charge in [-0.25, -0.2) is 4.39 Å². The number of carbonyl (C=O) groups is 2. The molecule has 1 saturated heterocycles. The topological polar surface area (TPSA) is 79.8 Å². The second kappa shape index (κ2) is 7.67. The molecule has 1 aromatic carbocycles. The van der Waals surface area contributed by atoms with Gasteiger partial charge in [-0.2, -0.15) is 0 Å². The van der Waals surface area contributed by atoms with Gasteiger partial charge in [0, 0.05) is 13.6 Å². The summed E-state index contributed by atoms with van der Waals surface area (Å²) in [7, 11) is 1.56. The Bertz CT molecular complexity index is 780. The Balaban J connectivity index is 0.00000225. The zero-order chi connectivity index (χ0) is 17.3. The van der Waals surface area contributed by atoms with Gasteiger partial charge in [0.1, 0.15) is 23.9 Å². The number of rotatable bonds is 4. The SMILES string of the molecule is CN(C(=O)c1coc(CN)c1)C1CCN(c2ccccc2F)C1=O.Cl. The number of hydrogen-bond donors (Lipinski definition) is 1. The summed E-state index contributed by atoms with van der Waals surface area (Å²) in [6.07, 6.45) is 1.77. The van der Waals surface area contributed by atoms with Crippen molar-refractivity contribution in [1.82, 2.24) is 4.90 Å². The molecule has 6 nitrogen and oxygen atoms in total. The summed E-state index contributed by atoms with van der Waals surface area (Å²) in [6.45, 7) is 0.557. The van der Waals surface area contributed by atoms with Gasteiger partial charge in [0.2, 0.25) is 5.91 Å². The Morgan fingerprint density at radius 2 is 2.16 bits per heavy atom. The molecule has 0 saturated carbocycles. The Morgan fingerprint density at radius 3 is 2.80 bits per heavy atom. The van der Waals surface area contributed by atoms with Crippen LogP contribution in [0.15, 0.2) is 41.0 Å². The molecule has 2 N–H and O–H groups in total. The molecule has 8 heteroatoms. The molecule has 0 aliphatic carbocycles. The van der Waals surface area contributed by atoms with Gasteiger partial charge in [-0.05, 0) is 24.6 Å². The van der Waals surface area contributed by atoms with E-state index in [0.717, 1.165) is 0 Å². The normalized spacial score (nSPS) is 16.7. The second-order valence-corrected chi connectivity index (χ2v) is 5.67. The van der Waals surface area contributed by atoms with Crippen LogP contribution in [0.5, 0.6) is 0 Å².